The van der Waals surface area contributed by atoms with Crippen LogP contribution in [0, 0.1) is 0 Å². The lowest BCUT2D eigenvalue weighted by atomic mass is 10.5. The van der Waals surface area contributed by atoms with E-state index in [1.807, 2.05) is 0 Å². The number of allylic oxidation sites excluding steroid dienone is 1. The van der Waals surface area contributed by atoms with E-state index in [4.69, 9.17) is 0 Å². The second-order valence-electron chi connectivity index (χ2n) is 1.75. The van der Waals surface area contributed by atoms with E-state index >= 15 is 0 Å². The lowest BCUT2D eigenvalue weighted by Gasteiger charge is -2.01. The molecule has 0 fully saturated rings. The highest BCUT2D eigenvalue weighted by atomic mass is 79.9. The average molecular weight is 247 g/mol. The summed E-state index contributed by atoms with van der Waals surface area (Å²) < 4.78 is 38.4. The van der Waals surface area contributed by atoms with Gasteiger partial charge in [-0.25, -0.2) is 4.79 Å². The number of rotatable bonds is 2. The van der Waals surface area contributed by atoms with Crippen LogP contribution in [-0.4, -0.2) is 18.8 Å². The highest BCUT2D eigenvalue weighted by Gasteiger charge is 2.26. The summed E-state index contributed by atoms with van der Waals surface area (Å²) in [6, 6.07) is 0. The summed E-state index contributed by atoms with van der Waals surface area (Å²) >= 11 is 2.45. The van der Waals surface area contributed by atoms with E-state index in [0.29, 0.717) is 0 Å². The molecule has 0 aliphatic carbocycles. The van der Waals surface area contributed by atoms with Gasteiger partial charge in [-0.05, 0) is 22.9 Å². The monoisotopic (exact) mass is 246 g/mol. The lowest BCUT2D eigenvalue weighted by molar-refractivity contribution is -0.138. The Morgan fingerprint density at radius 3 is 2.42 bits per heavy atom. The smallest absolute Gasteiger partial charge is 0.411 e. The van der Waals surface area contributed by atoms with E-state index in [1.54, 1.807) is 0 Å². The molecule has 0 saturated carbocycles. The molecule has 12 heavy (non-hydrogen) atoms. The van der Waals surface area contributed by atoms with Gasteiger partial charge in [-0.15, -0.1) is 0 Å². The van der Waals surface area contributed by atoms with Crippen molar-refractivity contribution in [2.24, 2.45) is 0 Å². The van der Waals surface area contributed by atoms with Crippen LogP contribution in [-0.2, 0) is 9.53 Å². The molecule has 0 radical (unpaired) electrons. The van der Waals surface area contributed by atoms with E-state index in [9.17, 15) is 18.0 Å². The predicted octanol–water partition coefficient (Wildman–Crippen LogP) is 2.39. The van der Waals surface area contributed by atoms with Crippen molar-refractivity contribution in [1.82, 2.24) is 0 Å². The molecule has 0 aliphatic heterocycles. The molecule has 0 unspecified atom stereocenters. The minimum Gasteiger partial charge on any atom is -0.462 e. The minimum absolute atomic E-state index is 0.0413. The maximum absolute atomic E-state index is 11.6. The summed E-state index contributed by atoms with van der Waals surface area (Å²) in [6.07, 6.45) is -4.67. The first-order valence-electron chi connectivity index (χ1n) is 2.99. The molecule has 2 nitrogen and oxygen atoms in total. The Labute approximate surface area is 75.5 Å². The summed E-state index contributed by atoms with van der Waals surface area (Å²) in [4.78, 5) is 10.6. The van der Waals surface area contributed by atoms with Crippen molar-refractivity contribution in [3.8, 4) is 0 Å². The van der Waals surface area contributed by atoms with Crippen molar-refractivity contribution < 1.29 is 22.7 Å². The van der Waals surface area contributed by atoms with Crippen LogP contribution in [0.4, 0.5) is 13.2 Å². The average Bonchev–Trinajstić information content (AvgIpc) is 1.84. The van der Waals surface area contributed by atoms with Gasteiger partial charge in [-0.3, -0.25) is 0 Å². The second kappa shape index (κ2) is 4.49. The van der Waals surface area contributed by atoms with Gasteiger partial charge in [0.1, 0.15) is 4.48 Å². The zero-order valence-corrected chi connectivity index (χ0v) is 7.70. The Morgan fingerprint density at radius 1 is 1.58 bits per heavy atom. The van der Waals surface area contributed by atoms with Crippen molar-refractivity contribution in [1.29, 1.82) is 0 Å². The minimum atomic E-state index is -4.51. The summed E-state index contributed by atoms with van der Waals surface area (Å²) in [5, 5.41) is 0. The molecule has 70 valence electrons. The van der Waals surface area contributed by atoms with Gasteiger partial charge in [-0.2, -0.15) is 13.2 Å². The fourth-order valence-electron chi connectivity index (χ4n) is 0.403. The highest BCUT2D eigenvalue weighted by molar-refractivity contribution is 9.12. The number of carbonyl (C=O) groups is 1. The number of halogens is 4. The molecular weight excluding hydrogens is 241 g/mol. The fourth-order valence-corrected chi connectivity index (χ4v) is 0.777. The quantitative estimate of drug-likeness (QED) is 0.553. The number of hydrogen-bond donors (Lipinski definition) is 0. The van der Waals surface area contributed by atoms with E-state index in [1.165, 1.54) is 6.92 Å². The van der Waals surface area contributed by atoms with Crippen LogP contribution in [0.15, 0.2) is 10.6 Å². The standard InChI is InChI=1S/C6H6BrF3O2/c1-2-12-5(11)4(7)3-6(8,9)10/h3H,2H2,1H3/b4-3+. The van der Waals surface area contributed by atoms with E-state index in [0.717, 1.165) is 0 Å². The van der Waals surface area contributed by atoms with Crippen molar-refractivity contribution >= 4 is 21.9 Å². The van der Waals surface area contributed by atoms with Gasteiger partial charge >= 0.3 is 12.1 Å². The van der Waals surface area contributed by atoms with Crippen molar-refractivity contribution in [2.75, 3.05) is 6.61 Å². The molecule has 0 aromatic rings. The zero-order valence-electron chi connectivity index (χ0n) is 6.11. The van der Waals surface area contributed by atoms with Gasteiger partial charge in [-0.1, -0.05) is 0 Å². The third kappa shape index (κ3) is 5.17. The van der Waals surface area contributed by atoms with Crippen LogP contribution in [0.3, 0.4) is 0 Å². The number of alkyl halides is 3. The Bertz CT molecular complexity index is 197. The van der Waals surface area contributed by atoms with Crippen LogP contribution in [0.25, 0.3) is 0 Å². The molecule has 6 heteroatoms. The molecule has 0 amide bonds. The topological polar surface area (TPSA) is 26.3 Å². The molecule has 0 aromatic heterocycles. The molecule has 0 heterocycles. The van der Waals surface area contributed by atoms with E-state index in [-0.39, 0.29) is 12.7 Å². The maximum Gasteiger partial charge on any atom is 0.411 e. The molecule has 0 atom stereocenters. The summed E-state index contributed by atoms with van der Waals surface area (Å²) in [5.74, 6) is -1.02. The fraction of sp³-hybridized carbons (Fsp3) is 0.500. The summed E-state index contributed by atoms with van der Waals surface area (Å²) in [7, 11) is 0. The van der Waals surface area contributed by atoms with Gasteiger partial charge < -0.3 is 4.74 Å². The Balaban J connectivity index is 4.28. The Kier molecular flexibility index (Phi) is 4.30. The molecule has 0 bridgehead atoms. The third-order valence-electron chi connectivity index (χ3n) is 0.761. The first kappa shape index (κ1) is 11.5. The van der Waals surface area contributed by atoms with Crippen LogP contribution in [0.5, 0.6) is 0 Å². The van der Waals surface area contributed by atoms with Crippen molar-refractivity contribution in [3.05, 3.63) is 10.6 Å². The molecule has 0 N–H and O–H groups in total. The number of carbonyl (C=O) groups excluding carboxylic acids is 1. The molecule has 0 aliphatic rings. The van der Waals surface area contributed by atoms with Gasteiger partial charge in [0.25, 0.3) is 0 Å². The number of hydrogen-bond acceptors (Lipinski definition) is 2. The van der Waals surface area contributed by atoms with E-state index < -0.39 is 16.6 Å². The summed E-state index contributed by atoms with van der Waals surface area (Å²) in [6.45, 7) is 1.55. The SMILES string of the molecule is CCOC(=O)/C(Br)=C\C(F)(F)F. The normalized spacial score (nSPS) is 12.9. The van der Waals surface area contributed by atoms with Crippen LogP contribution >= 0.6 is 15.9 Å². The Hall–Kier alpha value is -0.520. The largest absolute Gasteiger partial charge is 0.462 e. The van der Waals surface area contributed by atoms with Crippen LogP contribution in [0.1, 0.15) is 6.92 Å². The molecule has 0 aromatic carbocycles. The zero-order chi connectivity index (χ0) is 9.78. The number of ether oxygens (including phenoxy) is 1. The molecular formula is C6H6BrF3O2. The highest BCUT2D eigenvalue weighted by Crippen LogP contribution is 2.21. The Morgan fingerprint density at radius 2 is 2.08 bits per heavy atom. The third-order valence-corrected chi connectivity index (χ3v) is 1.31. The molecule has 0 saturated heterocycles. The molecule has 0 rings (SSSR count). The van der Waals surface area contributed by atoms with Crippen LogP contribution < -0.4 is 0 Å². The lowest BCUT2D eigenvalue weighted by Crippen LogP contribution is -2.09. The first-order chi connectivity index (χ1) is 5.37. The van der Waals surface area contributed by atoms with Gasteiger partial charge in [0.2, 0.25) is 0 Å². The maximum atomic E-state index is 11.6. The molecule has 0 spiro atoms. The van der Waals surface area contributed by atoms with Crippen molar-refractivity contribution in [2.45, 2.75) is 13.1 Å². The summed E-state index contributed by atoms with van der Waals surface area (Å²) in [5.41, 5.74) is 0. The van der Waals surface area contributed by atoms with E-state index in [2.05, 4.69) is 20.7 Å². The first-order valence-corrected chi connectivity index (χ1v) is 3.78. The van der Waals surface area contributed by atoms with Gasteiger partial charge in [0.05, 0.1) is 6.61 Å². The second-order valence-corrected chi connectivity index (χ2v) is 2.61. The van der Waals surface area contributed by atoms with Gasteiger partial charge in [0, 0.05) is 6.08 Å². The van der Waals surface area contributed by atoms with Crippen molar-refractivity contribution in [3.63, 3.8) is 0 Å². The van der Waals surface area contributed by atoms with Gasteiger partial charge in [0.15, 0.2) is 0 Å². The predicted molar refractivity (Wildman–Crippen MR) is 39.7 cm³/mol. The van der Waals surface area contributed by atoms with Crippen LogP contribution in [0.2, 0.25) is 0 Å². The number of esters is 1.